The number of fused-ring (bicyclic) bond motifs is 1. The van der Waals surface area contributed by atoms with Gasteiger partial charge in [0.15, 0.2) is 0 Å². The molecule has 1 saturated heterocycles. The minimum Gasteiger partial charge on any atom is -0.492 e. The monoisotopic (exact) mass is 415 g/mol. The zero-order valence-corrected chi connectivity index (χ0v) is 16.2. The van der Waals surface area contributed by atoms with Crippen LogP contribution in [-0.4, -0.2) is 30.6 Å². The molecule has 1 atom stereocenters. The fraction of sp³-hybridized carbons (Fsp3) is 0.381. The number of halogens is 1. The van der Waals surface area contributed by atoms with Gasteiger partial charge in [0.2, 0.25) is 0 Å². The zero-order chi connectivity index (χ0) is 17.9. The summed E-state index contributed by atoms with van der Waals surface area (Å²) in [4.78, 5) is 14.8. The van der Waals surface area contributed by atoms with Crippen LogP contribution in [0.5, 0.6) is 5.75 Å². The normalized spacial score (nSPS) is 19.5. The van der Waals surface area contributed by atoms with Crippen LogP contribution in [0.25, 0.3) is 0 Å². The van der Waals surface area contributed by atoms with Gasteiger partial charge in [0, 0.05) is 30.1 Å². The van der Waals surface area contributed by atoms with E-state index in [-0.39, 0.29) is 5.91 Å². The number of carbonyl (C=O) groups is 1. The average Bonchev–Trinajstić information content (AvgIpc) is 2.99. The van der Waals surface area contributed by atoms with E-state index in [4.69, 9.17) is 9.47 Å². The smallest absolute Gasteiger partial charge is 0.258 e. The van der Waals surface area contributed by atoms with E-state index in [0.717, 1.165) is 47.2 Å². The van der Waals surface area contributed by atoms with Gasteiger partial charge in [-0.3, -0.25) is 4.79 Å². The molecular formula is C21H22BrNO3. The minimum absolute atomic E-state index is 0.0541. The summed E-state index contributed by atoms with van der Waals surface area (Å²) in [6.07, 6.45) is 2.21. The van der Waals surface area contributed by atoms with Gasteiger partial charge in [0.1, 0.15) is 5.75 Å². The fourth-order valence-corrected chi connectivity index (χ4v) is 3.86. The van der Waals surface area contributed by atoms with Gasteiger partial charge in [0.25, 0.3) is 5.91 Å². The summed E-state index contributed by atoms with van der Waals surface area (Å²) in [5.41, 5.74) is 2.89. The van der Waals surface area contributed by atoms with E-state index in [9.17, 15) is 4.79 Å². The van der Waals surface area contributed by atoms with Crippen molar-refractivity contribution in [1.82, 2.24) is 4.90 Å². The number of amides is 1. The first-order valence-electron chi connectivity index (χ1n) is 9.07. The van der Waals surface area contributed by atoms with E-state index in [1.807, 2.05) is 47.4 Å². The van der Waals surface area contributed by atoms with Crippen LogP contribution < -0.4 is 4.74 Å². The van der Waals surface area contributed by atoms with Crippen LogP contribution >= 0.6 is 15.9 Å². The number of nitrogens with zero attached hydrogens (tertiary/aromatic N) is 1. The average molecular weight is 416 g/mol. The van der Waals surface area contributed by atoms with Gasteiger partial charge in [-0.2, -0.15) is 0 Å². The Morgan fingerprint density at radius 2 is 2.04 bits per heavy atom. The highest BCUT2D eigenvalue weighted by atomic mass is 79.9. The number of carbonyl (C=O) groups excluding carboxylic acids is 1. The lowest BCUT2D eigenvalue weighted by Crippen LogP contribution is -2.25. The third-order valence-electron chi connectivity index (χ3n) is 4.99. The Morgan fingerprint density at radius 3 is 2.81 bits per heavy atom. The SMILES string of the molecule is O=C1c2c(cccc2OCC2CCCOC2)CN1Cc1ccc(Br)cc1. The summed E-state index contributed by atoms with van der Waals surface area (Å²) < 4.78 is 12.6. The van der Waals surface area contributed by atoms with Crippen LogP contribution in [0.2, 0.25) is 0 Å². The summed E-state index contributed by atoms with van der Waals surface area (Å²) in [5.74, 6) is 1.17. The molecule has 4 nitrogen and oxygen atoms in total. The lowest BCUT2D eigenvalue weighted by molar-refractivity contribution is 0.0350. The zero-order valence-electron chi connectivity index (χ0n) is 14.6. The molecular weight excluding hydrogens is 394 g/mol. The Hall–Kier alpha value is -1.85. The topological polar surface area (TPSA) is 38.8 Å². The maximum atomic E-state index is 13.0. The first kappa shape index (κ1) is 17.6. The Kier molecular flexibility index (Phi) is 5.27. The first-order valence-corrected chi connectivity index (χ1v) is 9.86. The highest BCUT2D eigenvalue weighted by Gasteiger charge is 2.31. The largest absolute Gasteiger partial charge is 0.492 e. The molecule has 2 heterocycles. The van der Waals surface area contributed by atoms with Crippen molar-refractivity contribution >= 4 is 21.8 Å². The molecule has 0 N–H and O–H groups in total. The van der Waals surface area contributed by atoms with Crippen LogP contribution in [0.3, 0.4) is 0 Å². The molecule has 0 radical (unpaired) electrons. The van der Waals surface area contributed by atoms with Crippen molar-refractivity contribution in [2.45, 2.75) is 25.9 Å². The number of rotatable bonds is 5. The molecule has 5 heteroatoms. The second kappa shape index (κ2) is 7.80. The van der Waals surface area contributed by atoms with E-state index >= 15 is 0 Å². The van der Waals surface area contributed by atoms with Crippen LogP contribution in [0.15, 0.2) is 46.9 Å². The molecule has 0 bridgehead atoms. The van der Waals surface area contributed by atoms with Crippen LogP contribution in [0.1, 0.15) is 34.3 Å². The number of hydrogen-bond donors (Lipinski definition) is 0. The Labute approximate surface area is 162 Å². The Balaban J connectivity index is 1.46. The Morgan fingerprint density at radius 1 is 1.19 bits per heavy atom. The third-order valence-corrected chi connectivity index (χ3v) is 5.52. The first-order chi connectivity index (χ1) is 12.7. The molecule has 0 saturated carbocycles. The lowest BCUT2D eigenvalue weighted by Gasteiger charge is -2.22. The summed E-state index contributed by atoms with van der Waals surface area (Å²) in [7, 11) is 0. The van der Waals surface area contributed by atoms with Crippen molar-refractivity contribution in [3.05, 3.63) is 63.6 Å². The second-order valence-electron chi connectivity index (χ2n) is 6.97. The highest BCUT2D eigenvalue weighted by Crippen LogP contribution is 2.32. The van der Waals surface area contributed by atoms with E-state index in [0.29, 0.717) is 31.4 Å². The van der Waals surface area contributed by atoms with Gasteiger partial charge in [0.05, 0.1) is 18.8 Å². The molecule has 1 amide bonds. The van der Waals surface area contributed by atoms with Crippen molar-refractivity contribution in [2.75, 3.05) is 19.8 Å². The molecule has 1 unspecified atom stereocenters. The predicted molar refractivity (Wildman–Crippen MR) is 103 cm³/mol. The molecule has 2 aliphatic rings. The van der Waals surface area contributed by atoms with Gasteiger partial charge in [-0.1, -0.05) is 40.2 Å². The summed E-state index contributed by atoms with van der Waals surface area (Å²) in [6, 6.07) is 14.0. The van der Waals surface area contributed by atoms with Crippen molar-refractivity contribution < 1.29 is 14.3 Å². The molecule has 2 aliphatic heterocycles. The van der Waals surface area contributed by atoms with E-state index < -0.39 is 0 Å². The van der Waals surface area contributed by atoms with Crippen molar-refractivity contribution in [2.24, 2.45) is 5.92 Å². The summed E-state index contributed by atoms with van der Waals surface area (Å²) in [6.45, 7) is 3.44. The number of benzene rings is 2. The van der Waals surface area contributed by atoms with Crippen molar-refractivity contribution in [3.63, 3.8) is 0 Å². The minimum atomic E-state index is 0.0541. The van der Waals surface area contributed by atoms with Crippen LogP contribution in [-0.2, 0) is 17.8 Å². The van der Waals surface area contributed by atoms with Gasteiger partial charge in [-0.05, 0) is 42.2 Å². The maximum absolute atomic E-state index is 13.0. The standard InChI is InChI=1S/C21H22BrNO3/c22-18-8-6-15(7-9-18)11-23-12-17-4-1-5-19(20(17)21(23)24)26-14-16-3-2-10-25-13-16/h1,4-9,16H,2-3,10-14H2. The summed E-state index contributed by atoms with van der Waals surface area (Å²) in [5, 5.41) is 0. The van der Waals surface area contributed by atoms with E-state index in [2.05, 4.69) is 15.9 Å². The number of hydrogen-bond acceptors (Lipinski definition) is 3. The molecule has 26 heavy (non-hydrogen) atoms. The van der Waals surface area contributed by atoms with Gasteiger partial charge in [-0.15, -0.1) is 0 Å². The van der Waals surface area contributed by atoms with Gasteiger partial charge >= 0.3 is 0 Å². The summed E-state index contributed by atoms with van der Waals surface area (Å²) >= 11 is 3.45. The molecule has 0 spiro atoms. The molecule has 1 fully saturated rings. The van der Waals surface area contributed by atoms with Crippen LogP contribution in [0.4, 0.5) is 0 Å². The van der Waals surface area contributed by atoms with E-state index in [1.54, 1.807) is 0 Å². The van der Waals surface area contributed by atoms with Crippen LogP contribution in [0, 0.1) is 5.92 Å². The molecule has 136 valence electrons. The Bertz CT molecular complexity index is 784. The maximum Gasteiger partial charge on any atom is 0.258 e. The predicted octanol–water partition coefficient (Wildman–Crippen LogP) is 4.41. The molecule has 2 aromatic carbocycles. The molecule has 4 rings (SSSR count). The lowest BCUT2D eigenvalue weighted by atomic mass is 10.0. The molecule has 2 aromatic rings. The van der Waals surface area contributed by atoms with Gasteiger partial charge < -0.3 is 14.4 Å². The van der Waals surface area contributed by atoms with Gasteiger partial charge in [-0.25, -0.2) is 0 Å². The quantitative estimate of drug-likeness (QED) is 0.725. The molecule has 0 aliphatic carbocycles. The van der Waals surface area contributed by atoms with E-state index in [1.165, 1.54) is 0 Å². The highest BCUT2D eigenvalue weighted by molar-refractivity contribution is 9.10. The number of ether oxygens (including phenoxy) is 2. The second-order valence-corrected chi connectivity index (χ2v) is 7.89. The van der Waals surface area contributed by atoms with Crippen molar-refractivity contribution in [3.8, 4) is 5.75 Å². The van der Waals surface area contributed by atoms with Crippen molar-refractivity contribution in [1.29, 1.82) is 0 Å². The molecule has 0 aromatic heterocycles. The fourth-order valence-electron chi connectivity index (χ4n) is 3.59. The third kappa shape index (κ3) is 3.79.